The second-order valence-corrected chi connectivity index (χ2v) is 3.62. The summed E-state index contributed by atoms with van der Waals surface area (Å²) in [6, 6.07) is 0. The summed E-state index contributed by atoms with van der Waals surface area (Å²) in [6.07, 6.45) is 4.02. The Labute approximate surface area is 97.8 Å². The topological polar surface area (TPSA) is 101 Å². The second-order valence-electron chi connectivity index (χ2n) is 3.62. The van der Waals surface area contributed by atoms with Gasteiger partial charge in [-0.15, -0.1) is 0 Å². The van der Waals surface area contributed by atoms with Crippen molar-refractivity contribution in [1.29, 1.82) is 0 Å². The van der Waals surface area contributed by atoms with Crippen molar-refractivity contribution in [2.45, 2.75) is 12.5 Å². The highest BCUT2D eigenvalue weighted by atomic mass is 16.5. The third-order valence-corrected chi connectivity index (χ3v) is 2.09. The predicted octanol–water partition coefficient (Wildman–Crippen LogP) is -0.304. The lowest BCUT2D eigenvalue weighted by Crippen LogP contribution is -2.55. The third-order valence-electron chi connectivity index (χ3n) is 2.09. The number of amides is 1. The molecule has 0 fully saturated rings. The molecule has 0 saturated carbocycles. The summed E-state index contributed by atoms with van der Waals surface area (Å²) < 4.78 is 4.77. The van der Waals surface area contributed by atoms with Crippen molar-refractivity contribution in [3.05, 3.63) is 24.3 Å². The molecular formula is C10H13N3O4. The Morgan fingerprint density at radius 3 is 2.71 bits per heavy atom. The maximum atomic E-state index is 11.7. The molecule has 0 aliphatic carbocycles. The van der Waals surface area contributed by atoms with E-state index >= 15 is 0 Å². The van der Waals surface area contributed by atoms with Crippen LogP contribution in [0.5, 0.6) is 0 Å². The maximum Gasteiger partial charge on any atom is 0.331 e. The van der Waals surface area contributed by atoms with Crippen LogP contribution in [0.2, 0.25) is 0 Å². The number of hydrogen-bond acceptors (Lipinski definition) is 5. The van der Waals surface area contributed by atoms with Gasteiger partial charge in [0.15, 0.2) is 5.54 Å². The van der Waals surface area contributed by atoms with Crippen LogP contribution in [0.4, 0.5) is 0 Å². The number of ether oxygens (including phenoxy) is 1. The van der Waals surface area contributed by atoms with E-state index in [4.69, 9.17) is 9.84 Å². The van der Waals surface area contributed by atoms with Gasteiger partial charge in [0, 0.05) is 19.5 Å². The smallest absolute Gasteiger partial charge is 0.331 e. The number of aliphatic carboxylic acids is 1. The Balaban J connectivity index is 2.82. The first-order valence-electron chi connectivity index (χ1n) is 4.80. The van der Waals surface area contributed by atoms with E-state index in [0.717, 1.165) is 0 Å². The zero-order valence-corrected chi connectivity index (χ0v) is 9.51. The molecule has 0 spiro atoms. The van der Waals surface area contributed by atoms with Crippen LogP contribution >= 0.6 is 0 Å². The molecule has 1 amide bonds. The molecule has 1 unspecified atom stereocenters. The van der Waals surface area contributed by atoms with E-state index in [0.29, 0.717) is 0 Å². The molecule has 7 heteroatoms. The largest absolute Gasteiger partial charge is 0.479 e. The third kappa shape index (κ3) is 3.22. The Bertz CT molecular complexity index is 409. The van der Waals surface area contributed by atoms with Crippen LogP contribution in [0.15, 0.2) is 18.6 Å². The van der Waals surface area contributed by atoms with Gasteiger partial charge >= 0.3 is 5.97 Å². The molecule has 1 rings (SSSR count). The van der Waals surface area contributed by atoms with E-state index in [1.54, 1.807) is 0 Å². The number of rotatable bonds is 5. The summed E-state index contributed by atoms with van der Waals surface area (Å²) in [5.74, 6) is -1.79. The summed E-state index contributed by atoms with van der Waals surface area (Å²) in [5.41, 5.74) is -1.44. The molecule has 1 aromatic rings. The van der Waals surface area contributed by atoms with Gasteiger partial charge in [0.25, 0.3) is 5.91 Å². The number of aromatic nitrogens is 2. The SMILES string of the molecule is COCC(C)(NC(=O)c1cnccn1)C(=O)O. The summed E-state index contributed by atoms with van der Waals surface area (Å²) in [4.78, 5) is 30.3. The molecule has 7 nitrogen and oxygen atoms in total. The highest BCUT2D eigenvalue weighted by Crippen LogP contribution is 2.06. The monoisotopic (exact) mass is 239 g/mol. The highest BCUT2D eigenvalue weighted by molar-refractivity contribution is 5.96. The standard InChI is InChI=1S/C10H13N3O4/c1-10(6-17-2,9(15)16)13-8(14)7-5-11-3-4-12-7/h3-5H,6H2,1-2H3,(H,13,14)(H,15,16). The number of hydrogen-bond donors (Lipinski definition) is 2. The van der Waals surface area contributed by atoms with E-state index in [9.17, 15) is 9.59 Å². The lowest BCUT2D eigenvalue weighted by atomic mass is 10.0. The molecule has 0 aliphatic heterocycles. The van der Waals surface area contributed by atoms with Crippen LogP contribution in [-0.2, 0) is 9.53 Å². The second kappa shape index (κ2) is 5.35. The maximum absolute atomic E-state index is 11.7. The fraction of sp³-hybridized carbons (Fsp3) is 0.400. The average Bonchev–Trinajstić information content (AvgIpc) is 2.30. The fourth-order valence-electron chi connectivity index (χ4n) is 1.17. The molecule has 0 aliphatic rings. The van der Waals surface area contributed by atoms with Crippen molar-refractivity contribution in [1.82, 2.24) is 15.3 Å². The number of carbonyl (C=O) groups is 2. The van der Waals surface area contributed by atoms with Crippen molar-refractivity contribution in [2.75, 3.05) is 13.7 Å². The van der Waals surface area contributed by atoms with Gasteiger partial charge in [0.05, 0.1) is 12.8 Å². The quantitative estimate of drug-likeness (QED) is 0.731. The van der Waals surface area contributed by atoms with Gasteiger partial charge in [-0.2, -0.15) is 0 Å². The average molecular weight is 239 g/mol. The lowest BCUT2D eigenvalue weighted by Gasteiger charge is -2.24. The number of nitrogens with one attached hydrogen (secondary N) is 1. The number of nitrogens with zero attached hydrogens (tertiary/aromatic N) is 2. The van der Waals surface area contributed by atoms with Crippen molar-refractivity contribution >= 4 is 11.9 Å². The van der Waals surface area contributed by atoms with Crippen LogP contribution in [0.3, 0.4) is 0 Å². The first-order chi connectivity index (χ1) is 7.99. The summed E-state index contributed by atoms with van der Waals surface area (Å²) >= 11 is 0. The minimum Gasteiger partial charge on any atom is -0.479 e. The van der Waals surface area contributed by atoms with Crippen LogP contribution in [-0.4, -0.2) is 46.2 Å². The predicted molar refractivity (Wildman–Crippen MR) is 57.4 cm³/mol. The molecule has 17 heavy (non-hydrogen) atoms. The van der Waals surface area contributed by atoms with Gasteiger partial charge in [0.2, 0.25) is 0 Å². The number of carboxylic acids is 1. The minimum absolute atomic E-state index is 0.0519. The van der Waals surface area contributed by atoms with Gasteiger partial charge < -0.3 is 15.2 Å². The van der Waals surface area contributed by atoms with Crippen LogP contribution < -0.4 is 5.32 Å². The molecule has 0 radical (unpaired) electrons. The fourth-order valence-corrected chi connectivity index (χ4v) is 1.17. The lowest BCUT2D eigenvalue weighted by molar-refractivity contribution is -0.145. The van der Waals surface area contributed by atoms with E-state index in [2.05, 4.69) is 15.3 Å². The molecule has 92 valence electrons. The normalized spacial score (nSPS) is 13.8. The first kappa shape index (κ1) is 13.0. The molecule has 0 bridgehead atoms. The Kier molecular flexibility index (Phi) is 4.11. The van der Waals surface area contributed by atoms with E-state index in [1.807, 2.05) is 0 Å². The minimum atomic E-state index is -1.50. The molecule has 1 aromatic heterocycles. The van der Waals surface area contributed by atoms with Gasteiger partial charge in [-0.3, -0.25) is 9.78 Å². The molecule has 1 atom stereocenters. The van der Waals surface area contributed by atoms with Crippen molar-refractivity contribution in [3.63, 3.8) is 0 Å². The van der Waals surface area contributed by atoms with Gasteiger partial charge in [0.1, 0.15) is 5.69 Å². The van der Waals surface area contributed by atoms with Crippen molar-refractivity contribution < 1.29 is 19.4 Å². The molecule has 1 heterocycles. The van der Waals surface area contributed by atoms with Crippen LogP contribution in [0.25, 0.3) is 0 Å². The van der Waals surface area contributed by atoms with Gasteiger partial charge in [-0.05, 0) is 6.92 Å². The first-order valence-corrected chi connectivity index (χ1v) is 4.80. The summed E-state index contributed by atoms with van der Waals surface area (Å²) in [6.45, 7) is 1.21. The molecular weight excluding hydrogens is 226 g/mol. The summed E-state index contributed by atoms with van der Waals surface area (Å²) in [5, 5.41) is 11.4. The molecule has 2 N–H and O–H groups in total. The highest BCUT2D eigenvalue weighted by Gasteiger charge is 2.35. The van der Waals surface area contributed by atoms with Crippen molar-refractivity contribution in [3.8, 4) is 0 Å². The van der Waals surface area contributed by atoms with Crippen LogP contribution in [0.1, 0.15) is 17.4 Å². The van der Waals surface area contributed by atoms with Gasteiger partial charge in [-0.25, -0.2) is 9.78 Å². The molecule has 0 saturated heterocycles. The number of carbonyl (C=O) groups excluding carboxylic acids is 1. The van der Waals surface area contributed by atoms with Gasteiger partial charge in [-0.1, -0.05) is 0 Å². The Morgan fingerprint density at radius 2 is 2.24 bits per heavy atom. The zero-order valence-electron chi connectivity index (χ0n) is 9.51. The summed E-state index contributed by atoms with van der Waals surface area (Å²) in [7, 11) is 1.36. The van der Waals surface area contributed by atoms with Crippen LogP contribution in [0, 0.1) is 0 Å². The Morgan fingerprint density at radius 1 is 1.53 bits per heavy atom. The number of methoxy groups -OCH3 is 1. The zero-order chi connectivity index (χ0) is 12.9. The number of carboxylic acid groups (broad SMARTS) is 1. The Hall–Kier alpha value is -2.02. The van der Waals surface area contributed by atoms with Crippen molar-refractivity contribution in [2.24, 2.45) is 0 Å². The van der Waals surface area contributed by atoms with E-state index in [1.165, 1.54) is 32.6 Å². The van der Waals surface area contributed by atoms with E-state index in [-0.39, 0.29) is 12.3 Å². The van der Waals surface area contributed by atoms with E-state index < -0.39 is 17.4 Å². The molecule has 0 aromatic carbocycles.